The monoisotopic (exact) mass is 671 g/mol. The molecular formula is C33H33N7O5S2. The van der Waals surface area contributed by atoms with Crippen molar-refractivity contribution in [2.24, 2.45) is 0 Å². The Morgan fingerprint density at radius 1 is 1.02 bits per heavy atom. The number of nitrogens with zero attached hydrogens (tertiary/aromatic N) is 4. The number of alkyl carbamates (subject to hydrolysis) is 1. The molecule has 0 radical (unpaired) electrons. The predicted molar refractivity (Wildman–Crippen MR) is 184 cm³/mol. The van der Waals surface area contributed by atoms with Crippen LogP contribution in [-0.2, 0) is 27.4 Å². The molecule has 3 heterocycles. The van der Waals surface area contributed by atoms with Crippen molar-refractivity contribution in [3.63, 3.8) is 0 Å². The molecule has 14 heteroatoms. The van der Waals surface area contributed by atoms with E-state index in [0.29, 0.717) is 38.7 Å². The molecule has 0 aliphatic rings. The summed E-state index contributed by atoms with van der Waals surface area (Å²) < 4.78 is 18.1. The molecule has 0 bridgehead atoms. The zero-order valence-electron chi connectivity index (χ0n) is 25.8. The lowest BCUT2D eigenvalue weighted by molar-refractivity contribution is -0.117. The molecule has 0 unspecified atom stereocenters. The highest BCUT2D eigenvalue weighted by Gasteiger charge is 2.13. The lowest BCUT2D eigenvalue weighted by atomic mass is 10.1. The summed E-state index contributed by atoms with van der Waals surface area (Å²) in [4.78, 5) is 35.5. The van der Waals surface area contributed by atoms with E-state index in [9.17, 15) is 14.9 Å². The number of rotatable bonds is 14. The fraction of sp³-hybridized carbons (Fsp3) is 0.242. The molecule has 3 aromatic heterocycles. The Bertz CT molecular complexity index is 1880. The Kier molecular flexibility index (Phi) is 11.2. The van der Waals surface area contributed by atoms with E-state index in [1.165, 1.54) is 17.5 Å². The number of fused-ring (bicyclic) bond motifs is 2. The van der Waals surface area contributed by atoms with Crippen molar-refractivity contribution >= 4 is 71.7 Å². The van der Waals surface area contributed by atoms with Crippen molar-refractivity contribution in [1.29, 1.82) is 5.26 Å². The molecular weight excluding hydrogens is 639 g/mol. The number of benzene rings is 2. The summed E-state index contributed by atoms with van der Waals surface area (Å²) in [6, 6.07) is 19.7. The maximum Gasteiger partial charge on any atom is 0.407 e. The molecule has 0 aliphatic carbocycles. The number of methoxy groups -OCH3 is 1. The van der Waals surface area contributed by atoms with Crippen LogP contribution in [0.5, 0.6) is 6.01 Å². The SMILES string of the molecule is COCCNC(=O)/C(C#N)=C/c1cc2cc3sc(N(C)CCOC(=O)NCc4ccc(COc5nccc(N)n5)cc4)cc3cc2s1. The van der Waals surface area contributed by atoms with E-state index >= 15 is 0 Å². The third-order valence-electron chi connectivity index (χ3n) is 6.92. The van der Waals surface area contributed by atoms with Gasteiger partial charge in [-0.1, -0.05) is 24.3 Å². The number of nitrogen functional groups attached to an aromatic ring is 1. The molecule has 12 nitrogen and oxygen atoms in total. The largest absolute Gasteiger partial charge is 0.459 e. The van der Waals surface area contributed by atoms with Gasteiger partial charge in [0.15, 0.2) is 0 Å². The molecule has 0 atom stereocenters. The first kappa shape index (κ1) is 33.1. The fourth-order valence-corrected chi connectivity index (χ4v) is 6.54. The first-order valence-corrected chi connectivity index (χ1v) is 16.2. The first-order chi connectivity index (χ1) is 22.8. The number of thiophene rings is 2. The molecule has 2 amide bonds. The highest BCUT2D eigenvalue weighted by atomic mass is 32.1. The topological polar surface area (TPSA) is 165 Å². The van der Waals surface area contributed by atoms with Gasteiger partial charge in [0.25, 0.3) is 5.91 Å². The summed E-state index contributed by atoms with van der Waals surface area (Å²) in [6.45, 7) is 2.09. The van der Waals surface area contributed by atoms with E-state index in [1.807, 2.05) is 43.4 Å². The van der Waals surface area contributed by atoms with Gasteiger partial charge in [0.1, 0.15) is 30.7 Å². The van der Waals surface area contributed by atoms with Gasteiger partial charge >= 0.3 is 12.1 Å². The highest BCUT2D eigenvalue weighted by Crippen LogP contribution is 2.37. The third kappa shape index (κ3) is 9.17. The summed E-state index contributed by atoms with van der Waals surface area (Å²) in [5.74, 6) is -0.0763. The smallest absolute Gasteiger partial charge is 0.407 e. The summed E-state index contributed by atoms with van der Waals surface area (Å²) in [5, 5.41) is 18.1. The Hall–Kier alpha value is -5.23. The van der Waals surface area contributed by atoms with Gasteiger partial charge in [-0.3, -0.25) is 4.79 Å². The number of nitrogens with one attached hydrogen (secondary N) is 2. The number of aromatic nitrogens is 2. The van der Waals surface area contributed by atoms with Crippen LogP contribution < -0.4 is 26.0 Å². The number of amides is 2. The van der Waals surface area contributed by atoms with Crippen molar-refractivity contribution in [1.82, 2.24) is 20.6 Å². The zero-order valence-corrected chi connectivity index (χ0v) is 27.5. The summed E-state index contributed by atoms with van der Waals surface area (Å²) in [7, 11) is 3.51. The normalized spacial score (nSPS) is 11.3. The predicted octanol–water partition coefficient (Wildman–Crippen LogP) is 5.10. The molecule has 2 aromatic carbocycles. The van der Waals surface area contributed by atoms with E-state index in [4.69, 9.17) is 19.9 Å². The lowest BCUT2D eigenvalue weighted by Crippen LogP contribution is -2.28. The van der Waals surface area contributed by atoms with Crippen LogP contribution in [0.3, 0.4) is 0 Å². The Morgan fingerprint density at radius 2 is 1.77 bits per heavy atom. The van der Waals surface area contributed by atoms with Gasteiger partial charge in [-0.25, -0.2) is 9.78 Å². The minimum Gasteiger partial charge on any atom is -0.459 e. The van der Waals surface area contributed by atoms with Gasteiger partial charge in [0.05, 0.1) is 18.2 Å². The number of hydrogen-bond donors (Lipinski definition) is 3. The molecule has 47 heavy (non-hydrogen) atoms. The number of anilines is 2. The molecule has 0 saturated heterocycles. The van der Waals surface area contributed by atoms with Crippen molar-refractivity contribution in [3.05, 3.63) is 82.4 Å². The molecule has 5 aromatic rings. The van der Waals surface area contributed by atoms with E-state index in [0.717, 1.165) is 41.2 Å². The first-order valence-electron chi connectivity index (χ1n) is 14.6. The van der Waals surface area contributed by atoms with Crippen molar-refractivity contribution in [2.45, 2.75) is 13.2 Å². The van der Waals surface area contributed by atoms with Crippen LogP contribution in [0, 0.1) is 11.3 Å². The number of ether oxygens (including phenoxy) is 3. The van der Waals surface area contributed by atoms with E-state index in [2.05, 4.69) is 43.7 Å². The van der Waals surface area contributed by atoms with Gasteiger partial charge in [-0.05, 0) is 58.3 Å². The van der Waals surface area contributed by atoms with Crippen LogP contribution in [0.2, 0.25) is 0 Å². The van der Waals surface area contributed by atoms with Crippen LogP contribution in [0.15, 0.2) is 66.4 Å². The maximum atomic E-state index is 12.3. The number of nitriles is 1. The Labute approximate surface area is 279 Å². The van der Waals surface area contributed by atoms with Gasteiger partial charge in [-0.15, -0.1) is 22.7 Å². The second-order valence-electron chi connectivity index (χ2n) is 10.4. The summed E-state index contributed by atoms with van der Waals surface area (Å²) >= 11 is 3.17. The van der Waals surface area contributed by atoms with E-state index < -0.39 is 12.0 Å². The molecule has 5 rings (SSSR count). The third-order valence-corrected chi connectivity index (χ3v) is 9.18. The quantitative estimate of drug-likeness (QED) is 0.0822. The minimum absolute atomic E-state index is 0.0525. The van der Waals surface area contributed by atoms with Crippen molar-refractivity contribution in [3.8, 4) is 12.1 Å². The van der Waals surface area contributed by atoms with Crippen LogP contribution in [0.25, 0.3) is 26.2 Å². The van der Waals surface area contributed by atoms with Crippen LogP contribution in [0.4, 0.5) is 15.6 Å². The fourth-order valence-electron chi connectivity index (χ4n) is 4.43. The molecule has 4 N–H and O–H groups in total. The number of likely N-dealkylation sites (N-methyl/N-ethyl adjacent to an activating group) is 1. The van der Waals surface area contributed by atoms with Gasteiger partial charge in [0.2, 0.25) is 0 Å². The van der Waals surface area contributed by atoms with Crippen molar-refractivity contribution in [2.75, 3.05) is 51.1 Å². The van der Waals surface area contributed by atoms with Crippen molar-refractivity contribution < 1.29 is 23.8 Å². The van der Waals surface area contributed by atoms with E-state index in [1.54, 1.807) is 30.6 Å². The molecule has 0 fully saturated rings. The molecule has 0 saturated carbocycles. The zero-order chi connectivity index (χ0) is 33.2. The Morgan fingerprint density at radius 3 is 2.51 bits per heavy atom. The summed E-state index contributed by atoms with van der Waals surface area (Å²) in [6.07, 6.45) is 2.66. The van der Waals surface area contributed by atoms with Gasteiger partial charge in [-0.2, -0.15) is 10.2 Å². The highest BCUT2D eigenvalue weighted by molar-refractivity contribution is 7.23. The van der Waals surface area contributed by atoms with Crippen LogP contribution in [-0.4, -0.2) is 62.4 Å². The lowest BCUT2D eigenvalue weighted by Gasteiger charge is -2.16. The molecule has 242 valence electrons. The average molecular weight is 672 g/mol. The molecule has 0 aliphatic heterocycles. The second-order valence-corrected chi connectivity index (χ2v) is 12.5. The van der Waals surface area contributed by atoms with Crippen LogP contribution >= 0.6 is 22.7 Å². The van der Waals surface area contributed by atoms with Gasteiger partial charge in [0, 0.05) is 47.7 Å². The van der Waals surface area contributed by atoms with Gasteiger partial charge < -0.3 is 35.5 Å². The number of nitrogens with two attached hydrogens (primary N) is 1. The van der Waals surface area contributed by atoms with E-state index in [-0.39, 0.29) is 18.2 Å². The summed E-state index contributed by atoms with van der Waals surface area (Å²) in [5.41, 5.74) is 7.55. The average Bonchev–Trinajstić information content (AvgIpc) is 3.67. The maximum absolute atomic E-state index is 12.3. The number of carbonyl (C=O) groups is 2. The number of carbonyl (C=O) groups excluding carboxylic acids is 2. The minimum atomic E-state index is -0.488. The standard InChI is InChI=1S/C33H33N7O5S2/c1-40(10-12-44-33(42)38-19-21-3-5-22(6-4-21)20-45-32-37-8-7-29(35)39-32)30-17-24-16-27-23(15-28(24)47-30)13-26(46-27)14-25(18-34)31(41)36-9-11-43-2/h3-8,13-17H,9-12,19-20H2,1-2H3,(H,36,41)(H,38,42)(H2,35,37,39)/b25-14+. The second kappa shape index (κ2) is 15.9. The van der Waals surface area contributed by atoms with Crippen LogP contribution in [0.1, 0.15) is 16.0 Å². The Balaban J connectivity index is 1.08. The number of hydrogen-bond acceptors (Lipinski definition) is 12. The molecule has 0 spiro atoms.